The van der Waals surface area contributed by atoms with Crippen molar-refractivity contribution in [3.05, 3.63) is 24.2 Å². The first-order valence-electron chi connectivity index (χ1n) is 8.91. The van der Waals surface area contributed by atoms with E-state index in [4.69, 9.17) is 4.52 Å². The molecule has 1 amide bonds. The van der Waals surface area contributed by atoms with Gasteiger partial charge in [-0.25, -0.2) is 4.98 Å². The highest BCUT2D eigenvalue weighted by Gasteiger charge is 2.21. The summed E-state index contributed by atoms with van der Waals surface area (Å²) in [6.45, 7) is 9.19. The number of nitrogens with zero attached hydrogens (tertiary/aromatic N) is 5. The van der Waals surface area contributed by atoms with Gasteiger partial charge in [0.25, 0.3) is 0 Å². The summed E-state index contributed by atoms with van der Waals surface area (Å²) >= 11 is 0. The summed E-state index contributed by atoms with van der Waals surface area (Å²) in [5.74, 6) is 2.58. The summed E-state index contributed by atoms with van der Waals surface area (Å²) in [6.07, 6.45) is 3.31. The summed E-state index contributed by atoms with van der Waals surface area (Å²) < 4.78 is 5.24. The lowest BCUT2D eigenvalue weighted by molar-refractivity contribution is -0.131. The lowest BCUT2D eigenvalue weighted by atomic mass is 10.2. The number of hydrogen-bond acceptors (Lipinski definition) is 6. The molecule has 1 saturated heterocycles. The van der Waals surface area contributed by atoms with E-state index in [1.54, 1.807) is 6.20 Å². The zero-order valence-electron chi connectivity index (χ0n) is 15.1. The third kappa shape index (κ3) is 3.97. The molecular formula is C18H25N5O2. The first-order valence-corrected chi connectivity index (χ1v) is 8.91. The van der Waals surface area contributed by atoms with E-state index in [1.807, 2.05) is 37.8 Å². The van der Waals surface area contributed by atoms with Crippen molar-refractivity contribution < 1.29 is 9.32 Å². The number of pyridine rings is 1. The molecule has 7 heteroatoms. The van der Waals surface area contributed by atoms with Gasteiger partial charge in [0, 0.05) is 50.3 Å². The van der Waals surface area contributed by atoms with Crippen LogP contribution in [0.5, 0.6) is 0 Å². The van der Waals surface area contributed by atoms with Gasteiger partial charge in [0.2, 0.25) is 17.6 Å². The predicted octanol–water partition coefficient (Wildman–Crippen LogP) is 2.70. The smallest absolute Gasteiger partial charge is 0.229 e. The van der Waals surface area contributed by atoms with E-state index in [9.17, 15) is 4.79 Å². The minimum absolute atomic E-state index is 0.209. The first kappa shape index (κ1) is 17.4. The molecule has 0 atom stereocenters. The van der Waals surface area contributed by atoms with Crippen molar-refractivity contribution in [1.82, 2.24) is 20.0 Å². The van der Waals surface area contributed by atoms with Gasteiger partial charge < -0.3 is 14.3 Å². The van der Waals surface area contributed by atoms with Crippen LogP contribution < -0.4 is 4.90 Å². The van der Waals surface area contributed by atoms with Gasteiger partial charge in [-0.15, -0.1) is 0 Å². The minimum Gasteiger partial charge on any atom is -0.353 e. The highest BCUT2D eigenvalue weighted by Crippen LogP contribution is 2.21. The maximum atomic E-state index is 12.0. The maximum Gasteiger partial charge on any atom is 0.229 e. The van der Waals surface area contributed by atoms with Gasteiger partial charge in [-0.2, -0.15) is 4.98 Å². The fourth-order valence-electron chi connectivity index (χ4n) is 2.85. The number of rotatable bonds is 5. The Morgan fingerprint density at radius 1 is 1.24 bits per heavy atom. The molecule has 1 aliphatic heterocycles. The Labute approximate surface area is 148 Å². The number of aromatic nitrogens is 3. The van der Waals surface area contributed by atoms with Gasteiger partial charge in [0.15, 0.2) is 0 Å². The van der Waals surface area contributed by atoms with Crippen molar-refractivity contribution in [3.63, 3.8) is 0 Å². The van der Waals surface area contributed by atoms with Crippen molar-refractivity contribution in [3.8, 4) is 11.4 Å². The van der Waals surface area contributed by atoms with Crippen molar-refractivity contribution in [2.75, 3.05) is 31.1 Å². The molecule has 0 N–H and O–H groups in total. The van der Waals surface area contributed by atoms with Gasteiger partial charge >= 0.3 is 0 Å². The molecule has 7 nitrogen and oxygen atoms in total. The molecule has 134 valence electrons. The second-order valence-corrected chi connectivity index (χ2v) is 6.63. The van der Waals surface area contributed by atoms with E-state index in [1.165, 1.54) is 0 Å². The number of carbonyl (C=O) groups excluding carboxylic acids is 1. The van der Waals surface area contributed by atoms with E-state index >= 15 is 0 Å². The lowest BCUT2D eigenvalue weighted by Crippen LogP contribution is -2.49. The summed E-state index contributed by atoms with van der Waals surface area (Å²) in [5, 5.41) is 4.01. The Kier molecular flexibility index (Phi) is 5.31. The highest BCUT2D eigenvalue weighted by molar-refractivity contribution is 5.76. The van der Waals surface area contributed by atoms with E-state index in [2.05, 4.69) is 20.0 Å². The van der Waals surface area contributed by atoms with Crippen LogP contribution in [0.3, 0.4) is 0 Å². The van der Waals surface area contributed by atoms with Crippen LogP contribution in [-0.4, -0.2) is 52.1 Å². The van der Waals surface area contributed by atoms with Crippen LogP contribution in [0.15, 0.2) is 22.9 Å². The molecule has 1 fully saturated rings. The molecule has 0 spiro atoms. The molecule has 3 rings (SSSR count). The monoisotopic (exact) mass is 343 g/mol. The van der Waals surface area contributed by atoms with E-state index in [0.29, 0.717) is 18.1 Å². The predicted molar refractivity (Wildman–Crippen MR) is 95.3 cm³/mol. The molecule has 0 radical (unpaired) electrons. The zero-order valence-corrected chi connectivity index (χ0v) is 15.1. The maximum absolute atomic E-state index is 12.0. The van der Waals surface area contributed by atoms with Crippen molar-refractivity contribution in [1.29, 1.82) is 0 Å². The van der Waals surface area contributed by atoms with Crippen molar-refractivity contribution >= 4 is 11.7 Å². The van der Waals surface area contributed by atoms with Crippen molar-refractivity contribution in [2.45, 2.75) is 39.5 Å². The van der Waals surface area contributed by atoms with Gasteiger partial charge in [-0.05, 0) is 18.6 Å². The quantitative estimate of drug-likeness (QED) is 0.831. The van der Waals surface area contributed by atoms with Crippen LogP contribution in [0.2, 0.25) is 0 Å². The number of carbonyl (C=O) groups is 1. The molecule has 3 heterocycles. The standard InChI is InChI=1S/C18H25N5O2/c1-4-5-16(24)23-10-8-22(9-11-23)15-7-6-14(12-19-15)17-20-18(13(2)3)25-21-17/h6-7,12-13H,4-5,8-11H2,1-3H3. The lowest BCUT2D eigenvalue weighted by Gasteiger charge is -2.35. The van der Waals surface area contributed by atoms with E-state index < -0.39 is 0 Å². The number of piperazine rings is 1. The first-order chi connectivity index (χ1) is 12.1. The number of hydrogen-bond donors (Lipinski definition) is 0. The Balaban J connectivity index is 1.62. The van der Waals surface area contributed by atoms with Gasteiger partial charge in [0.1, 0.15) is 5.82 Å². The molecule has 0 aliphatic carbocycles. The summed E-state index contributed by atoms with van der Waals surface area (Å²) in [4.78, 5) is 25.0. The van der Waals surface area contributed by atoms with Crippen LogP contribution in [0.25, 0.3) is 11.4 Å². The summed E-state index contributed by atoms with van der Waals surface area (Å²) in [6, 6.07) is 3.94. The number of anilines is 1. The molecule has 25 heavy (non-hydrogen) atoms. The van der Waals surface area contributed by atoms with Crippen LogP contribution in [0, 0.1) is 0 Å². The molecule has 2 aromatic rings. The zero-order chi connectivity index (χ0) is 17.8. The normalized spacial score (nSPS) is 15.0. The second kappa shape index (κ2) is 7.63. The topological polar surface area (TPSA) is 75.4 Å². The van der Waals surface area contributed by atoms with Crippen LogP contribution in [0.1, 0.15) is 45.4 Å². The van der Waals surface area contributed by atoms with Crippen LogP contribution in [-0.2, 0) is 4.79 Å². The van der Waals surface area contributed by atoms with Crippen molar-refractivity contribution in [2.24, 2.45) is 0 Å². The fourth-order valence-corrected chi connectivity index (χ4v) is 2.85. The van der Waals surface area contributed by atoms with E-state index in [-0.39, 0.29) is 11.8 Å². The van der Waals surface area contributed by atoms with Gasteiger partial charge in [-0.1, -0.05) is 25.9 Å². The molecular weight excluding hydrogens is 318 g/mol. The third-order valence-electron chi connectivity index (χ3n) is 4.36. The van der Waals surface area contributed by atoms with Gasteiger partial charge in [0.05, 0.1) is 0 Å². The Morgan fingerprint density at radius 3 is 2.56 bits per heavy atom. The number of amides is 1. The molecule has 0 aromatic carbocycles. The minimum atomic E-state index is 0.209. The molecule has 2 aromatic heterocycles. The molecule has 0 bridgehead atoms. The summed E-state index contributed by atoms with van der Waals surface area (Å²) in [7, 11) is 0. The molecule has 0 saturated carbocycles. The largest absolute Gasteiger partial charge is 0.353 e. The summed E-state index contributed by atoms with van der Waals surface area (Å²) in [5.41, 5.74) is 0.844. The fraction of sp³-hybridized carbons (Fsp3) is 0.556. The van der Waals surface area contributed by atoms with Gasteiger partial charge in [-0.3, -0.25) is 4.79 Å². The molecule has 1 aliphatic rings. The SMILES string of the molecule is CCCC(=O)N1CCN(c2ccc(-c3noc(C(C)C)n3)cn2)CC1. The van der Waals surface area contributed by atoms with Crippen LogP contribution in [0.4, 0.5) is 5.82 Å². The highest BCUT2D eigenvalue weighted by atomic mass is 16.5. The Bertz CT molecular complexity index is 703. The average molecular weight is 343 g/mol. The molecule has 0 unspecified atom stereocenters. The Hall–Kier alpha value is -2.44. The third-order valence-corrected chi connectivity index (χ3v) is 4.36. The Morgan fingerprint density at radius 2 is 2.00 bits per heavy atom. The average Bonchev–Trinajstić information content (AvgIpc) is 3.13. The van der Waals surface area contributed by atoms with Crippen LogP contribution >= 0.6 is 0 Å². The van der Waals surface area contributed by atoms with E-state index in [0.717, 1.165) is 44.0 Å². The second-order valence-electron chi connectivity index (χ2n) is 6.63.